The maximum absolute atomic E-state index is 12.8. The molecule has 4 nitrogen and oxygen atoms in total. The Morgan fingerprint density at radius 1 is 1.24 bits per heavy atom. The Hall–Kier alpha value is -1.96. The van der Waals surface area contributed by atoms with E-state index >= 15 is 0 Å². The van der Waals surface area contributed by atoms with E-state index in [1.54, 1.807) is 30.3 Å². The summed E-state index contributed by atoms with van der Waals surface area (Å²) in [5.74, 6) is -5.32. The summed E-state index contributed by atoms with van der Waals surface area (Å²) >= 11 is 0. The largest absolute Gasteiger partial charge is 0.365 e. The molecule has 0 radical (unpaired) electrons. The van der Waals surface area contributed by atoms with Crippen molar-refractivity contribution in [1.82, 2.24) is 4.90 Å². The van der Waals surface area contributed by atoms with Crippen molar-refractivity contribution < 1.29 is 31.9 Å². The van der Waals surface area contributed by atoms with E-state index in [4.69, 9.17) is 0 Å². The normalized spacial score (nSPS) is 18.4. The molecular weight excluding hydrogens is 342 g/mol. The number of hydrogen-bond donors (Lipinski definition) is 0. The number of halogens is 4. The fraction of sp³-hybridized carbons (Fsp3) is 0.529. The number of rotatable bonds is 7. The van der Waals surface area contributed by atoms with Crippen LogP contribution in [0.15, 0.2) is 30.3 Å². The minimum Gasteiger partial charge on any atom is -0.365 e. The molecule has 1 unspecified atom stereocenters. The smallest absolute Gasteiger partial charge is 0.330 e. The van der Waals surface area contributed by atoms with Gasteiger partial charge in [-0.1, -0.05) is 30.3 Å². The fourth-order valence-electron chi connectivity index (χ4n) is 2.68. The van der Waals surface area contributed by atoms with Gasteiger partial charge < -0.3 is 9.64 Å². The van der Waals surface area contributed by atoms with Gasteiger partial charge in [0, 0.05) is 24.6 Å². The minimum atomic E-state index is -4.28. The molecule has 138 valence electrons. The number of carbonyl (C=O) groups is 2. The first-order valence-electron chi connectivity index (χ1n) is 7.92. The lowest BCUT2D eigenvalue weighted by atomic mass is 9.90. The van der Waals surface area contributed by atoms with Crippen LogP contribution in [0.25, 0.3) is 0 Å². The summed E-state index contributed by atoms with van der Waals surface area (Å²) in [6.07, 6.45) is -2.62. The monoisotopic (exact) mass is 361 g/mol. The third-order valence-electron chi connectivity index (χ3n) is 4.04. The summed E-state index contributed by atoms with van der Waals surface area (Å²) in [7, 11) is 0. The molecule has 1 amide bonds. The molecule has 0 saturated carbocycles. The van der Waals surface area contributed by atoms with Gasteiger partial charge in [-0.3, -0.25) is 9.59 Å². The molecule has 2 rings (SSSR count). The Balaban J connectivity index is 1.86. The number of likely N-dealkylation sites (tertiary alicyclic amines) is 1. The molecule has 0 bridgehead atoms. The third-order valence-corrected chi connectivity index (χ3v) is 4.04. The summed E-state index contributed by atoms with van der Waals surface area (Å²) in [6, 6.07) is 8.67. The molecule has 1 heterocycles. The van der Waals surface area contributed by atoms with Crippen molar-refractivity contribution in [2.75, 3.05) is 26.3 Å². The van der Waals surface area contributed by atoms with E-state index < -0.39 is 31.5 Å². The van der Waals surface area contributed by atoms with E-state index in [1.807, 2.05) is 0 Å². The topological polar surface area (TPSA) is 46.6 Å². The maximum atomic E-state index is 12.8. The van der Waals surface area contributed by atoms with Gasteiger partial charge >= 0.3 is 12.3 Å². The van der Waals surface area contributed by atoms with Crippen molar-refractivity contribution in [2.24, 2.45) is 5.92 Å². The number of piperidine rings is 1. The number of ketones is 1. The van der Waals surface area contributed by atoms with Crippen molar-refractivity contribution in [1.29, 1.82) is 0 Å². The lowest BCUT2D eigenvalue weighted by Crippen LogP contribution is -2.44. The van der Waals surface area contributed by atoms with E-state index in [0.29, 0.717) is 24.9 Å². The zero-order chi connectivity index (χ0) is 18.4. The molecule has 1 aromatic rings. The molecule has 1 fully saturated rings. The zero-order valence-corrected chi connectivity index (χ0v) is 13.5. The van der Waals surface area contributed by atoms with Gasteiger partial charge in [0.25, 0.3) is 0 Å². The molecule has 0 spiro atoms. The first kappa shape index (κ1) is 19.4. The number of alkyl halides is 4. The van der Waals surface area contributed by atoms with Gasteiger partial charge in [0.1, 0.15) is 13.2 Å². The van der Waals surface area contributed by atoms with Crippen molar-refractivity contribution >= 4 is 11.7 Å². The standard InChI is InChI=1S/C17H19F4NO3/c18-16(19)17(20,21)11-25-10-14(23)22-8-4-7-13(9-22)15(24)12-5-2-1-3-6-12/h1-3,5-6,13,16H,4,7-11H2. The highest BCUT2D eigenvalue weighted by molar-refractivity contribution is 5.98. The number of carbonyl (C=O) groups excluding carboxylic acids is 2. The molecule has 1 saturated heterocycles. The highest BCUT2D eigenvalue weighted by Gasteiger charge is 2.41. The number of amides is 1. The van der Waals surface area contributed by atoms with Gasteiger partial charge in [0.05, 0.1) is 0 Å². The predicted octanol–water partition coefficient (Wildman–Crippen LogP) is 3.02. The second-order valence-corrected chi connectivity index (χ2v) is 5.96. The minimum absolute atomic E-state index is 0.0803. The summed E-state index contributed by atoms with van der Waals surface area (Å²) in [4.78, 5) is 25.8. The number of hydrogen-bond acceptors (Lipinski definition) is 3. The highest BCUT2D eigenvalue weighted by atomic mass is 19.3. The first-order valence-corrected chi connectivity index (χ1v) is 7.92. The maximum Gasteiger partial charge on any atom is 0.330 e. The van der Waals surface area contributed by atoms with Crippen molar-refractivity contribution in [2.45, 2.75) is 25.2 Å². The molecule has 1 aliphatic rings. The van der Waals surface area contributed by atoms with E-state index in [2.05, 4.69) is 4.74 Å². The van der Waals surface area contributed by atoms with E-state index in [-0.39, 0.29) is 18.2 Å². The van der Waals surface area contributed by atoms with Crippen LogP contribution in [-0.2, 0) is 9.53 Å². The van der Waals surface area contributed by atoms with Crippen LogP contribution in [0.2, 0.25) is 0 Å². The SMILES string of the molecule is O=C(c1ccccc1)C1CCCN(C(=O)COCC(F)(F)C(F)F)C1. The van der Waals surface area contributed by atoms with E-state index in [0.717, 1.165) is 0 Å². The van der Waals surface area contributed by atoms with E-state index in [9.17, 15) is 27.2 Å². The molecule has 1 atom stereocenters. The van der Waals surface area contributed by atoms with Crippen LogP contribution in [0.4, 0.5) is 17.6 Å². The molecule has 25 heavy (non-hydrogen) atoms. The molecule has 0 aromatic heterocycles. The highest BCUT2D eigenvalue weighted by Crippen LogP contribution is 2.23. The van der Waals surface area contributed by atoms with Crippen molar-refractivity contribution in [3.63, 3.8) is 0 Å². The quantitative estimate of drug-likeness (QED) is 0.554. The number of ether oxygens (including phenoxy) is 1. The average molecular weight is 361 g/mol. The van der Waals surface area contributed by atoms with Gasteiger partial charge in [0.2, 0.25) is 5.91 Å². The Bertz CT molecular complexity index is 595. The second kappa shape index (κ2) is 8.42. The molecule has 8 heteroatoms. The molecule has 0 aliphatic carbocycles. The zero-order valence-electron chi connectivity index (χ0n) is 13.5. The fourth-order valence-corrected chi connectivity index (χ4v) is 2.68. The van der Waals surface area contributed by atoms with E-state index in [1.165, 1.54) is 4.90 Å². The summed E-state index contributed by atoms with van der Waals surface area (Å²) in [5, 5.41) is 0. The van der Waals surface area contributed by atoms with Crippen LogP contribution >= 0.6 is 0 Å². The lowest BCUT2D eigenvalue weighted by molar-refractivity contribution is -0.171. The summed E-state index contributed by atoms with van der Waals surface area (Å²) in [6.45, 7) is -1.68. The Morgan fingerprint density at radius 3 is 2.56 bits per heavy atom. The Kier molecular flexibility index (Phi) is 6.52. The van der Waals surface area contributed by atoms with Crippen LogP contribution < -0.4 is 0 Å². The van der Waals surface area contributed by atoms with Crippen molar-refractivity contribution in [3.8, 4) is 0 Å². The predicted molar refractivity (Wildman–Crippen MR) is 81.8 cm³/mol. The number of nitrogens with zero attached hydrogens (tertiary/aromatic N) is 1. The van der Waals surface area contributed by atoms with Gasteiger partial charge in [0.15, 0.2) is 5.78 Å². The van der Waals surface area contributed by atoms with Gasteiger partial charge in [-0.15, -0.1) is 0 Å². The average Bonchev–Trinajstić information content (AvgIpc) is 2.61. The Morgan fingerprint density at radius 2 is 1.92 bits per heavy atom. The van der Waals surface area contributed by atoms with Crippen LogP contribution in [0.5, 0.6) is 0 Å². The van der Waals surface area contributed by atoms with Crippen LogP contribution in [0.3, 0.4) is 0 Å². The Labute approximate surface area is 142 Å². The lowest BCUT2D eigenvalue weighted by Gasteiger charge is -2.32. The molecule has 0 N–H and O–H groups in total. The number of benzene rings is 1. The molecular formula is C17H19F4NO3. The summed E-state index contributed by atoms with van der Waals surface area (Å²) in [5.41, 5.74) is 0.551. The van der Waals surface area contributed by atoms with Gasteiger partial charge in [-0.25, -0.2) is 8.78 Å². The van der Waals surface area contributed by atoms with Crippen molar-refractivity contribution in [3.05, 3.63) is 35.9 Å². The van der Waals surface area contributed by atoms with Gasteiger partial charge in [-0.2, -0.15) is 8.78 Å². The number of Topliss-reactive ketones (excluding diaryl/α,β-unsaturated/α-hetero) is 1. The first-order chi connectivity index (χ1) is 11.8. The van der Waals surface area contributed by atoms with Crippen LogP contribution in [-0.4, -0.2) is 55.2 Å². The van der Waals surface area contributed by atoms with Crippen LogP contribution in [0, 0.1) is 5.92 Å². The van der Waals surface area contributed by atoms with Gasteiger partial charge in [-0.05, 0) is 12.8 Å². The summed E-state index contributed by atoms with van der Waals surface area (Å²) < 4.78 is 54.0. The third kappa shape index (κ3) is 5.26. The molecule has 1 aliphatic heterocycles. The molecule has 1 aromatic carbocycles. The van der Waals surface area contributed by atoms with Crippen LogP contribution in [0.1, 0.15) is 23.2 Å². The second-order valence-electron chi connectivity index (χ2n) is 5.96.